The maximum atomic E-state index is 12.2. The van der Waals surface area contributed by atoms with Gasteiger partial charge in [0.05, 0.1) is 5.41 Å². The van der Waals surface area contributed by atoms with Crippen LogP contribution in [-0.2, 0) is 4.79 Å². The number of hydrogen-bond donors (Lipinski definition) is 1. The minimum Gasteiger partial charge on any atom is -0.356 e. The molecule has 0 aliphatic carbocycles. The molecule has 1 spiro atoms. The fraction of sp³-hybridized carbons (Fsp3) is 0.438. The van der Waals surface area contributed by atoms with Crippen molar-refractivity contribution < 1.29 is 9.32 Å². The summed E-state index contributed by atoms with van der Waals surface area (Å²) < 4.78 is 5.36. The summed E-state index contributed by atoms with van der Waals surface area (Å²) in [6.07, 6.45) is 2.84. The van der Waals surface area contributed by atoms with E-state index in [1.807, 2.05) is 30.3 Å². The molecule has 2 aliphatic heterocycles. The van der Waals surface area contributed by atoms with Crippen LogP contribution in [0.5, 0.6) is 0 Å². The highest BCUT2D eigenvalue weighted by Crippen LogP contribution is 2.38. The Balaban J connectivity index is 1.54. The predicted molar refractivity (Wildman–Crippen MR) is 81.2 cm³/mol. The van der Waals surface area contributed by atoms with Crippen molar-refractivity contribution in [2.24, 2.45) is 5.41 Å². The zero-order valence-corrected chi connectivity index (χ0v) is 12.3. The molecule has 2 saturated heterocycles. The van der Waals surface area contributed by atoms with Crippen LogP contribution in [0.4, 0.5) is 5.95 Å². The van der Waals surface area contributed by atoms with E-state index in [0.29, 0.717) is 18.4 Å². The number of nitrogens with zero attached hydrogens (tertiary/aromatic N) is 3. The van der Waals surface area contributed by atoms with Gasteiger partial charge < -0.3 is 14.7 Å². The first-order chi connectivity index (χ1) is 10.8. The van der Waals surface area contributed by atoms with Gasteiger partial charge in [-0.05, 0) is 36.6 Å². The second kappa shape index (κ2) is 5.12. The minimum atomic E-state index is -0.272. The van der Waals surface area contributed by atoms with E-state index in [1.165, 1.54) is 0 Å². The first-order valence-electron chi connectivity index (χ1n) is 7.69. The molecule has 0 bridgehead atoms. The van der Waals surface area contributed by atoms with Gasteiger partial charge in [0.2, 0.25) is 5.91 Å². The summed E-state index contributed by atoms with van der Waals surface area (Å²) in [7, 11) is 0. The lowest BCUT2D eigenvalue weighted by molar-refractivity contribution is -0.132. The summed E-state index contributed by atoms with van der Waals surface area (Å²) in [6, 6.07) is 9.72. The molecule has 0 unspecified atom stereocenters. The van der Waals surface area contributed by atoms with Crippen LogP contribution in [0, 0.1) is 5.41 Å². The SMILES string of the molecule is O=C1NCCC[C@@]12CCN(c1noc(-c3ccccc3)n1)C2. The number of piperidine rings is 1. The molecule has 1 aromatic carbocycles. The fourth-order valence-electron chi connectivity index (χ4n) is 3.40. The number of rotatable bonds is 2. The van der Waals surface area contributed by atoms with Crippen LogP contribution >= 0.6 is 0 Å². The molecule has 1 aromatic heterocycles. The molecule has 0 radical (unpaired) electrons. The molecule has 1 N–H and O–H groups in total. The monoisotopic (exact) mass is 298 g/mol. The van der Waals surface area contributed by atoms with E-state index in [2.05, 4.69) is 20.4 Å². The lowest BCUT2D eigenvalue weighted by Crippen LogP contribution is -2.47. The molecule has 2 aromatic rings. The van der Waals surface area contributed by atoms with Crippen molar-refractivity contribution in [1.82, 2.24) is 15.5 Å². The number of benzene rings is 1. The fourth-order valence-corrected chi connectivity index (χ4v) is 3.40. The topological polar surface area (TPSA) is 71.3 Å². The van der Waals surface area contributed by atoms with Gasteiger partial charge in [-0.15, -0.1) is 0 Å². The van der Waals surface area contributed by atoms with Crippen molar-refractivity contribution >= 4 is 11.9 Å². The lowest BCUT2D eigenvalue weighted by atomic mass is 9.79. The molecule has 6 heteroatoms. The maximum absolute atomic E-state index is 12.2. The summed E-state index contributed by atoms with van der Waals surface area (Å²) in [4.78, 5) is 18.8. The average Bonchev–Trinajstić information content (AvgIpc) is 3.19. The third-order valence-electron chi connectivity index (χ3n) is 4.67. The van der Waals surface area contributed by atoms with Crippen molar-refractivity contribution in [1.29, 1.82) is 0 Å². The zero-order chi connectivity index (χ0) is 15.0. The van der Waals surface area contributed by atoms with Crippen molar-refractivity contribution in [2.45, 2.75) is 19.3 Å². The summed E-state index contributed by atoms with van der Waals surface area (Å²) in [6.45, 7) is 2.26. The van der Waals surface area contributed by atoms with E-state index in [0.717, 1.165) is 37.9 Å². The first-order valence-corrected chi connectivity index (χ1v) is 7.69. The molecular formula is C16H18N4O2. The number of anilines is 1. The van der Waals surface area contributed by atoms with Gasteiger partial charge in [0, 0.05) is 25.2 Å². The molecule has 2 fully saturated rings. The van der Waals surface area contributed by atoms with Crippen molar-refractivity contribution in [2.75, 3.05) is 24.5 Å². The number of hydrogen-bond acceptors (Lipinski definition) is 5. The molecule has 3 heterocycles. The van der Waals surface area contributed by atoms with Crippen LogP contribution < -0.4 is 10.2 Å². The third-order valence-corrected chi connectivity index (χ3v) is 4.67. The van der Waals surface area contributed by atoms with Gasteiger partial charge in [-0.2, -0.15) is 4.98 Å². The number of aromatic nitrogens is 2. The van der Waals surface area contributed by atoms with E-state index in [-0.39, 0.29) is 11.3 Å². The predicted octanol–water partition coefficient (Wildman–Crippen LogP) is 1.84. The van der Waals surface area contributed by atoms with Gasteiger partial charge in [-0.25, -0.2) is 0 Å². The van der Waals surface area contributed by atoms with Crippen molar-refractivity contribution in [3.8, 4) is 11.5 Å². The first kappa shape index (κ1) is 13.3. The van der Waals surface area contributed by atoms with E-state index >= 15 is 0 Å². The summed E-state index contributed by atoms with van der Waals surface area (Å²) in [5, 5.41) is 7.07. The highest BCUT2D eigenvalue weighted by molar-refractivity contribution is 5.84. The number of carbonyl (C=O) groups excluding carboxylic acids is 1. The van der Waals surface area contributed by atoms with Crippen LogP contribution in [0.1, 0.15) is 19.3 Å². The van der Waals surface area contributed by atoms with E-state index in [1.54, 1.807) is 0 Å². The highest BCUT2D eigenvalue weighted by atomic mass is 16.5. The Labute approximate surface area is 128 Å². The Morgan fingerprint density at radius 3 is 2.91 bits per heavy atom. The minimum absolute atomic E-state index is 0.174. The molecule has 114 valence electrons. The largest absolute Gasteiger partial charge is 0.356 e. The van der Waals surface area contributed by atoms with Crippen LogP contribution in [-0.4, -0.2) is 35.7 Å². The highest BCUT2D eigenvalue weighted by Gasteiger charge is 2.46. The Morgan fingerprint density at radius 1 is 1.23 bits per heavy atom. The van der Waals surface area contributed by atoms with Crippen LogP contribution in [0.2, 0.25) is 0 Å². The Hall–Kier alpha value is -2.37. The van der Waals surface area contributed by atoms with E-state index in [4.69, 9.17) is 4.52 Å². The summed E-state index contributed by atoms with van der Waals surface area (Å²) in [5.41, 5.74) is 0.636. The summed E-state index contributed by atoms with van der Waals surface area (Å²) in [5.74, 6) is 1.27. The number of nitrogens with one attached hydrogen (secondary N) is 1. The third kappa shape index (κ3) is 2.15. The zero-order valence-electron chi connectivity index (χ0n) is 12.3. The molecule has 1 amide bonds. The number of amides is 1. The normalized spacial score (nSPS) is 24.7. The second-order valence-corrected chi connectivity index (χ2v) is 6.08. The summed E-state index contributed by atoms with van der Waals surface area (Å²) >= 11 is 0. The second-order valence-electron chi connectivity index (χ2n) is 6.08. The molecule has 2 aliphatic rings. The Kier molecular flexibility index (Phi) is 3.10. The quantitative estimate of drug-likeness (QED) is 0.916. The van der Waals surface area contributed by atoms with Crippen LogP contribution in [0.25, 0.3) is 11.5 Å². The van der Waals surface area contributed by atoms with Crippen LogP contribution in [0.3, 0.4) is 0 Å². The smallest absolute Gasteiger partial charge is 0.266 e. The Bertz CT molecular complexity index is 684. The standard InChI is InChI=1S/C16H18N4O2/c21-14-16(7-4-9-17-14)8-10-20(11-16)15-18-13(22-19-15)12-5-2-1-3-6-12/h1-3,5-6H,4,7-11H2,(H,17,21)/t16-/m0/s1. The van der Waals surface area contributed by atoms with Gasteiger partial charge in [0.1, 0.15) is 0 Å². The molecule has 0 saturated carbocycles. The van der Waals surface area contributed by atoms with E-state index in [9.17, 15) is 4.79 Å². The molecule has 4 rings (SSSR count). The van der Waals surface area contributed by atoms with Gasteiger partial charge in [0.15, 0.2) is 0 Å². The van der Waals surface area contributed by atoms with Gasteiger partial charge >= 0.3 is 0 Å². The van der Waals surface area contributed by atoms with Crippen molar-refractivity contribution in [3.63, 3.8) is 0 Å². The molecule has 1 atom stereocenters. The number of carbonyl (C=O) groups is 1. The maximum Gasteiger partial charge on any atom is 0.266 e. The van der Waals surface area contributed by atoms with Crippen LogP contribution in [0.15, 0.2) is 34.9 Å². The van der Waals surface area contributed by atoms with Gasteiger partial charge in [0.25, 0.3) is 11.8 Å². The van der Waals surface area contributed by atoms with Gasteiger partial charge in [-0.1, -0.05) is 18.2 Å². The lowest BCUT2D eigenvalue weighted by Gasteiger charge is -2.31. The van der Waals surface area contributed by atoms with E-state index < -0.39 is 0 Å². The Morgan fingerprint density at radius 2 is 2.09 bits per heavy atom. The molecular weight excluding hydrogens is 280 g/mol. The molecule has 6 nitrogen and oxygen atoms in total. The van der Waals surface area contributed by atoms with Crippen molar-refractivity contribution in [3.05, 3.63) is 30.3 Å². The molecule has 22 heavy (non-hydrogen) atoms. The van der Waals surface area contributed by atoms with Gasteiger partial charge in [-0.3, -0.25) is 4.79 Å². The average molecular weight is 298 g/mol.